The Morgan fingerprint density at radius 3 is 2.50 bits per heavy atom. The maximum absolute atomic E-state index is 11.0. The number of carboxylic acid groups (broad SMARTS) is 1. The second-order valence-electron chi connectivity index (χ2n) is 3.47. The van der Waals surface area contributed by atoms with Gasteiger partial charge in [-0.05, 0) is 17.7 Å². The zero-order valence-electron chi connectivity index (χ0n) is 8.43. The average molecular weight is 243 g/mol. The predicted octanol–water partition coefficient (Wildman–Crippen LogP) is 1.88. The van der Waals surface area contributed by atoms with Gasteiger partial charge in [-0.15, -0.1) is 0 Å². The lowest BCUT2D eigenvalue weighted by Crippen LogP contribution is -2.38. The van der Waals surface area contributed by atoms with Crippen molar-refractivity contribution in [2.75, 3.05) is 13.2 Å². The lowest BCUT2D eigenvalue weighted by molar-refractivity contribution is -0.181. The van der Waals surface area contributed by atoms with Crippen molar-refractivity contribution in [2.24, 2.45) is 0 Å². The molecule has 1 aromatic rings. The number of hydrogen-bond acceptors (Lipinski definition) is 3. The molecule has 86 valence electrons. The highest BCUT2D eigenvalue weighted by atomic mass is 35.5. The van der Waals surface area contributed by atoms with Gasteiger partial charge in [-0.2, -0.15) is 0 Å². The van der Waals surface area contributed by atoms with Crippen LogP contribution in [0.4, 0.5) is 0 Å². The fourth-order valence-corrected chi connectivity index (χ4v) is 1.78. The van der Waals surface area contributed by atoms with E-state index in [0.29, 0.717) is 18.2 Å². The van der Waals surface area contributed by atoms with Crippen molar-refractivity contribution in [3.8, 4) is 0 Å². The summed E-state index contributed by atoms with van der Waals surface area (Å²) in [5.41, 5.74) is 0.761. The van der Waals surface area contributed by atoms with E-state index in [9.17, 15) is 4.79 Å². The quantitative estimate of drug-likeness (QED) is 0.860. The Bertz CT molecular complexity index is 376. The number of rotatable bonds is 2. The van der Waals surface area contributed by atoms with Gasteiger partial charge in [0.15, 0.2) is 6.10 Å². The Morgan fingerprint density at radius 2 is 1.88 bits per heavy atom. The molecule has 2 atom stereocenters. The van der Waals surface area contributed by atoms with E-state index in [0.717, 1.165) is 5.56 Å². The van der Waals surface area contributed by atoms with E-state index in [1.807, 2.05) is 0 Å². The number of hydrogen-bond donors (Lipinski definition) is 1. The summed E-state index contributed by atoms with van der Waals surface area (Å²) in [4.78, 5) is 11.0. The third-order valence-electron chi connectivity index (χ3n) is 2.40. The number of benzene rings is 1. The Balaban J connectivity index is 2.23. The molecule has 0 radical (unpaired) electrons. The van der Waals surface area contributed by atoms with Crippen LogP contribution in [0.5, 0.6) is 0 Å². The lowest BCUT2D eigenvalue weighted by Gasteiger charge is -2.29. The minimum Gasteiger partial charge on any atom is -0.479 e. The Kier molecular flexibility index (Phi) is 3.43. The Hall–Kier alpha value is -1.10. The van der Waals surface area contributed by atoms with Gasteiger partial charge < -0.3 is 14.6 Å². The van der Waals surface area contributed by atoms with Gasteiger partial charge in [-0.25, -0.2) is 4.79 Å². The van der Waals surface area contributed by atoms with Crippen molar-refractivity contribution in [2.45, 2.75) is 12.2 Å². The molecule has 1 heterocycles. The molecule has 0 amide bonds. The van der Waals surface area contributed by atoms with Crippen LogP contribution in [0.15, 0.2) is 24.3 Å². The number of carbonyl (C=O) groups is 1. The molecule has 0 saturated carbocycles. The molecule has 0 aromatic heterocycles. The fraction of sp³-hybridized carbons (Fsp3) is 0.364. The topological polar surface area (TPSA) is 55.8 Å². The summed E-state index contributed by atoms with van der Waals surface area (Å²) in [5, 5.41) is 9.60. The van der Waals surface area contributed by atoms with Gasteiger partial charge >= 0.3 is 5.97 Å². The van der Waals surface area contributed by atoms with Crippen LogP contribution < -0.4 is 0 Å². The maximum Gasteiger partial charge on any atom is 0.335 e. The molecular weight excluding hydrogens is 232 g/mol. The van der Waals surface area contributed by atoms with E-state index in [-0.39, 0.29) is 0 Å². The first kappa shape index (κ1) is 11.4. The van der Waals surface area contributed by atoms with Crippen LogP contribution in [0.2, 0.25) is 5.02 Å². The molecule has 16 heavy (non-hydrogen) atoms. The minimum atomic E-state index is -1.01. The highest BCUT2D eigenvalue weighted by Gasteiger charge is 2.34. The van der Waals surface area contributed by atoms with Crippen LogP contribution >= 0.6 is 11.6 Å². The van der Waals surface area contributed by atoms with Crippen LogP contribution in [-0.4, -0.2) is 30.4 Å². The van der Waals surface area contributed by atoms with Gasteiger partial charge in [-0.3, -0.25) is 0 Å². The van der Waals surface area contributed by atoms with Crippen LogP contribution in [0.3, 0.4) is 0 Å². The van der Waals surface area contributed by atoms with Crippen molar-refractivity contribution in [1.82, 2.24) is 0 Å². The summed E-state index contributed by atoms with van der Waals surface area (Å²) < 4.78 is 10.6. The Morgan fingerprint density at radius 1 is 1.25 bits per heavy atom. The van der Waals surface area contributed by atoms with E-state index in [1.165, 1.54) is 0 Å². The molecule has 0 bridgehead atoms. The lowest BCUT2D eigenvalue weighted by atomic mass is 10.0. The summed E-state index contributed by atoms with van der Waals surface area (Å²) in [6, 6.07) is 6.90. The van der Waals surface area contributed by atoms with E-state index in [1.54, 1.807) is 24.3 Å². The third-order valence-corrected chi connectivity index (χ3v) is 2.65. The monoisotopic (exact) mass is 242 g/mol. The minimum absolute atomic E-state index is 0.307. The third kappa shape index (κ3) is 2.35. The molecule has 1 aromatic carbocycles. The molecule has 4 nitrogen and oxygen atoms in total. The first-order valence-corrected chi connectivity index (χ1v) is 5.28. The molecule has 5 heteroatoms. The summed E-state index contributed by atoms with van der Waals surface area (Å²) in [6.07, 6.45) is -1.52. The molecular formula is C11H11ClO4. The van der Waals surface area contributed by atoms with Gasteiger partial charge in [0.1, 0.15) is 6.10 Å². The van der Waals surface area contributed by atoms with E-state index < -0.39 is 18.2 Å². The SMILES string of the molecule is O=C(O)C1OCCOC1c1ccc(Cl)cc1. The van der Waals surface area contributed by atoms with Gasteiger partial charge in [0.05, 0.1) is 13.2 Å². The molecule has 1 saturated heterocycles. The average Bonchev–Trinajstić information content (AvgIpc) is 2.30. The zero-order chi connectivity index (χ0) is 11.5. The molecule has 0 spiro atoms. The van der Waals surface area contributed by atoms with Crippen LogP contribution in [0.25, 0.3) is 0 Å². The van der Waals surface area contributed by atoms with Crippen molar-refractivity contribution >= 4 is 17.6 Å². The van der Waals surface area contributed by atoms with Crippen molar-refractivity contribution in [1.29, 1.82) is 0 Å². The molecule has 2 rings (SSSR count). The van der Waals surface area contributed by atoms with Gasteiger partial charge in [0.2, 0.25) is 0 Å². The standard InChI is InChI=1S/C11H11ClO4/c12-8-3-1-7(2-4-8)9-10(11(13)14)16-6-5-15-9/h1-4,9-10H,5-6H2,(H,13,14). The summed E-state index contributed by atoms with van der Waals surface area (Å²) in [5.74, 6) is -1.01. The summed E-state index contributed by atoms with van der Waals surface area (Å²) >= 11 is 5.76. The van der Waals surface area contributed by atoms with Gasteiger partial charge in [0, 0.05) is 5.02 Å². The predicted molar refractivity (Wildman–Crippen MR) is 57.5 cm³/mol. The molecule has 1 fully saturated rings. The highest BCUT2D eigenvalue weighted by molar-refractivity contribution is 6.30. The van der Waals surface area contributed by atoms with Crippen molar-refractivity contribution in [3.63, 3.8) is 0 Å². The first-order chi connectivity index (χ1) is 7.68. The van der Waals surface area contributed by atoms with Gasteiger partial charge in [0.25, 0.3) is 0 Å². The smallest absolute Gasteiger partial charge is 0.335 e. The van der Waals surface area contributed by atoms with E-state index >= 15 is 0 Å². The van der Waals surface area contributed by atoms with Crippen LogP contribution in [0.1, 0.15) is 11.7 Å². The zero-order valence-corrected chi connectivity index (χ0v) is 9.18. The van der Waals surface area contributed by atoms with Crippen LogP contribution in [0, 0.1) is 0 Å². The van der Waals surface area contributed by atoms with Crippen molar-refractivity contribution in [3.05, 3.63) is 34.9 Å². The molecule has 2 unspecified atom stereocenters. The largest absolute Gasteiger partial charge is 0.479 e. The fourth-order valence-electron chi connectivity index (χ4n) is 1.65. The second-order valence-corrected chi connectivity index (χ2v) is 3.91. The van der Waals surface area contributed by atoms with E-state index in [2.05, 4.69) is 0 Å². The first-order valence-electron chi connectivity index (χ1n) is 4.90. The number of ether oxygens (including phenoxy) is 2. The molecule has 1 N–H and O–H groups in total. The molecule has 1 aliphatic heterocycles. The number of aliphatic carboxylic acids is 1. The van der Waals surface area contributed by atoms with E-state index in [4.69, 9.17) is 26.2 Å². The van der Waals surface area contributed by atoms with Gasteiger partial charge in [-0.1, -0.05) is 23.7 Å². The molecule has 0 aliphatic carbocycles. The summed E-state index contributed by atoms with van der Waals surface area (Å²) in [7, 11) is 0. The van der Waals surface area contributed by atoms with Crippen molar-refractivity contribution < 1.29 is 19.4 Å². The van der Waals surface area contributed by atoms with Crippen LogP contribution in [-0.2, 0) is 14.3 Å². The number of carboxylic acids is 1. The number of halogens is 1. The Labute approximate surface area is 97.7 Å². The maximum atomic E-state index is 11.0. The highest BCUT2D eigenvalue weighted by Crippen LogP contribution is 2.27. The second kappa shape index (κ2) is 4.82. The molecule has 1 aliphatic rings. The summed E-state index contributed by atoms with van der Waals surface area (Å²) in [6.45, 7) is 0.706. The normalized spacial score (nSPS) is 25.3.